The van der Waals surface area contributed by atoms with Crippen LogP contribution in [0.5, 0.6) is 0 Å². The van der Waals surface area contributed by atoms with Gasteiger partial charge in [-0.25, -0.2) is 0 Å². The van der Waals surface area contributed by atoms with Gasteiger partial charge in [0, 0.05) is 13.1 Å². The molecule has 1 atom stereocenters. The molecule has 0 aromatic rings. The zero-order valence-electron chi connectivity index (χ0n) is 10.1. The summed E-state index contributed by atoms with van der Waals surface area (Å²) in [5, 5.41) is 3.24. The molecule has 1 aliphatic heterocycles. The third-order valence-electron chi connectivity index (χ3n) is 3.57. The Morgan fingerprint density at radius 2 is 2.12 bits per heavy atom. The summed E-state index contributed by atoms with van der Waals surface area (Å²) in [6.45, 7) is 5.61. The molecule has 2 aliphatic rings. The lowest BCUT2D eigenvalue weighted by Crippen LogP contribution is -2.40. The molecule has 0 bridgehead atoms. The fourth-order valence-electron chi connectivity index (χ4n) is 2.06. The first-order valence-electron chi connectivity index (χ1n) is 6.13. The topological polar surface area (TPSA) is 49.4 Å². The van der Waals surface area contributed by atoms with E-state index in [-0.39, 0.29) is 17.9 Å². The van der Waals surface area contributed by atoms with Crippen LogP contribution in [0.15, 0.2) is 0 Å². The molecule has 0 aromatic carbocycles. The van der Waals surface area contributed by atoms with Crippen LogP contribution in [0, 0.1) is 5.41 Å². The van der Waals surface area contributed by atoms with Crippen molar-refractivity contribution < 1.29 is 9.59 Å². The summed E-state index contributed by atoms with van der Waals surface area (Å²) >= 11 is 0. The minimum atomic E-state index is -0.267. The van der Waals surface area contributed by atoms with Gasteiger partial charge >= 0.3 is 0 Å². The van der Waals surface area contributed by atoms with Gasteiger partial charge in [0.2, 0.25) is 11.8 Å². The van der Waals surface area contributed by atoms with E-state index >= 15 is 0 Å². The number of amides is 2. The molecule has 1 saturated heterocycles. The van der Waals surface area contributed by atoms with Crippen LogP contribution in [0.25, 0.3) is 0 Å². The number of imide groups is 1. The second kappa shape index (κ2) is 4.17. The van der Waals surface area contributed by atoms with E-state index in [1.807, 2.05) is 6.92 Å². The van der Waals surface area contributed by atoms with Crippen molar-refractivity contribution in [2.24, 2.45) is 5.41 Å². The molecule has 90 valence electrons. The molecule has 1 unspecified atom stereocenters. The number of likely N-dealkylation sites (tertiary alicyclic amines) is 1. The highest BCUT2D eigenvalue weighted by molar-refractivity contribution is 6.05. The summed E-state index contributed by atoms with van der Waals surface area (Å²) in [4.78, 5) is 24.9. The van der Waals surface area contributed by atoms with Crippen LogP contribution < -0.4 is 5.32 Å². The Kier molecular flexibility index (Phi) is 3.02. The third-order valence-corrected chi connectivity index (χ3v) is 3.57. The van der Waals surface area contributed by atoms with E-state index in [0.717, 1.165) is 13.0 Å². The summed E-state index contributed by atoms with van der Waals surface area (Å²) in [5.41, 5.74) is 0.376. The van der Waals surface area contributed by atoms with E-state index < -0.39 is 0 Å². The molecule has 1 saturated carbocycles. The summed E-state index contributed by atoms with van der Waals surface area (Å²) < 4.78 is 0. The average molecular weight is 224 g/mol. The van der Waals surface area contributed by atoms with Crippen LogP contribution in [0.4, 0.5) is 0 Å². The normalized spacial score (nSPS) is 27.6. The Morgan fingerprint density at radius 3 is 2.69 bits per heavy atom. The summed E-state index contributed by atoms with van der Waals surface area (Å²) in [6, 6.07) is -0.267. The molecule has 1 aliphatic carbocycles. The molecule has 1 heterocycles. The Morgan fingerprint density at radius 1 is 1.44 bits per heavy atom. The Balaban J connectivity index is 1.87. The lowest BCUT2D eigenvalue weighted by atomic mass is 10.1. The standard InChI is InChI=1S/C12H20N2O2/c1-3-6-14-10(15)7-9(11(14)16)13-8-12(2)4-5-12/h9,13H,3-8H2,1-2H3. The van der Waals surface area contributed by atoms with Crippen molar-refractivity contribution in [2.45, 2.75) is 45.6 Å². The first kappa shape index (κ1) is 11.6. The number of carbonyl (C=O) groups is 2. The van der Waals surface area contributed by atoms with E-state index in [1.54, 1.807) is 0 Å². The van der Waals surface area contributed by atoms with Gasteiger partial charge in [-0.1, -0.05) is 13.8 Å². The molecular formula is C12H20N2O2. The Hall–Kier alpha value is -0.900. The van der Waals surface area contributed by atoms with Gasteiger partial charge in [0.05, 0.1) is 12.5 Å². The maximum absolute atomic E-state index is 11.9. The monoisotopic (exact) mass is 224 g/mol. The molecule has 1 N–H and O–H groups in total. The van der Waals surface area contributed by atoms with E-state index in [4.69, 9.17) is 0 Å². The molecule has 16 heavy (non-hydrogen) atoms. The van der Waals surface area contributed by atoms with Crippen molar-refractivity contribution in [1.82, 2.24) is 10.2 Å². The van der Waals surface area contributed by atoms with Crippen molar-refractivity contribution in [3.63, 3.8) is 0 Å². The first-order chi connectivity index (χ1) is 7.56. The van der Waals surface area contributed by atoms with Gasteiger partial charge in [-0.05, 0) is 24.7 Å². The zero-order chi connectivity index (χ0) is 11.8. The predicted octanol–water partition coefficient (Wildman–Crippen LogP) is 0.914. The van der Waals surface area contributed by atoms with Crippen LogP contribution in [0.2, 0.25) is 0 Å². The van der Waals surface area contributed by atoms with E-state index in [9.17, 15) is 9.59 Å². The molecule has 2 fully saturated rings. The Bertz CT molecular complexity index is 310. The summed E-state index contributed by atoms with van der Waals surface area (Å²) in [7, 11) is 0. The van der Waals surface area contributed by atoms with Crippen molar-refractivity contribution in [1.29, 1.82) is 0 Å². The van der Waals surface area contributed by atoms with Crippen molar-refractivity contribution in [2.75, 3.05) is 13.1 Å². The number of rotatable bonds is 5. The first-order valence-corrected chi connectivity index (χ1v) is 6.13. The van der Waals surface area contributed by atoms with Gasteiger partial charge in [0.1, 0.15) is 0 Å². The molecule has 4 heteroatoms. The number of hydrogen-bond acceptors (Lipinski definition) is 3. The maximum atomic E-state index is 11.9. The highest BCUT2D eigenvalue weighted by Gasteiger charge is 2.41. The van der Waals surface area contributed by atoms with E-state index in [1.165, 1.54) is 17.7 Å². The van der Waals surface area contributed by atoms with Gasteiger partial charge in [0.25, 0.3) is 0 Å². The number of carbonyl (C=O) groups excluding carboxylic acids is 2. The second-order valence-corrected chi connectivity index (χ2v) is 5.33. The summed E-state index contributed by atoms with van der Waals surface area (Å²) in [6.07, 6.45) is 3.64. The van der Waals surface area contributed by atoms with E-state index in [2.05, 4.69) is 12.2 Å². The van der Waals surface area contributed by atoms with Gasteiger partial charge in [-0.2, -0.15) is 0 Å². The molecule has 4 nitrogen and oxygen atoms in total. The molecule has 0 radical (unpaired) electrons. The molecular weight excluding hydrogens is 204 g/mol. The van der Waals surface area contributed by atoms with Crippen molar-refractivity contribution in [3.8, 4) is 0 Å². The van der Waals surface area contributed by atoms with Crippen molar-refractivity contribution in [3.05, 3.63) is 0 Å². The lowest BCUT2D eigenvalue weighted by molar-refractivity contribution is -0.138. The van der Waals surface area contributed by atoms with Crippen molar-refractivity contribution >= 4 is 11.8 Å². The number of nitrogens with one attached hydrogen (secondary N) is 1. The lowest BCUT2D eigenvalue weighted by Gasteiger charge is -2.16. The van der Waals surface area contributed by atoms with Gasteiger partial charge in [-0.3, -0.25) is 14.5 Å². The van der Waals surface area contributed by atoms with Crippen LogP contribution in [-0.2, 0) is 9.59 Å². The van der Waals surface area contributed by atoms with Gasteiger partial charge in [-0.15, -0.1) is 0 Å². The minimum absolute atomic E-state index is 0.0229. The van der Waals surface area contributed by atoms with Crippen LogP contribution in [-0.4, -0.2) is 35.8 Å². The van der Waals surface area contributed by atoms with Crippen LogP contribution in [0.1, 0.15) is 39.5 Å². The average Bonchev–Trinajstić information content (AvgIpc) is 2.92. The highest BCUT2D eigenvalue weighted by Crippen LogP contribution is 2.44. The largest absolute Gasteiger partial charge is 0.305 e. The number of nitrogens with zero attached hydrogens (tertiary/aromatic N) is 1. The number of hydrogen-bond donors (Lipinski definition) is 1. The maximum Gasteiger partial charge on any atom is 0.246 e. The Labute approximate surface area is 96.4 Å². The fourth-order valence-corrected chi connectivity index (χ4v) is 2.06. The van der Waals surface area contributed by atoms with Gasteiger partial charge in [0.15, 0.2) is 0 Å². The smallest absolute Gasteiger partial charge is 0.246 e. The SMILES string of the molecule is CCCN1C(=O)CC(NCC2(C)CC2)C1=O. The second-order valence-electron chi connectivity index (χ2n) is 5.33. The zero-order valence-corrected chi connectivity index (χ0v) is 10.1. The molecule has 2 rings (SSSR count). The predicted molar refractivity (Wildman–Crippen MR) is 60.8 cm³/mol. The highest BCUT2D eigenvalue weighted by atomic mass is 16.2. The fraction of sp³-hybridized carbons (Fsp3) is 0.833. The van der Waals surface area contributed by atoms with Gasteiger partial charge < -0.3 is 5.32 Å². The van der Waals surface area contributed by atoms with Crippen LogP contribution >= 0.6 is 0 Å². The molecule has 0 aromatic heterocycles. The molecule has 2 amide bonds. The third kappa shape index (κ3) is 2.26. The van der Waals surface area contributed by atoms with Crippen LogP contribution in [0.3, 0.4) is 0 Å². The quantitative estimate of drug-likeness (QED) is 0.706. The molecule has 0 spiro atoms. The minimum Gasteiger partial charge on any atom is -0.305 e. The van der Waals surface area contributed by atoms with E-state index in [0.29, 0.717) is 18.4 Å². The summed E-state index contributed by atoms with van der Waals surface area (Å²) in [5.74, 6) is -0.0543.